The van der Waals surface area contributed by atoms with E-state index in [1.54, 1.807) is 23.1 Å². The summed E-state index contributed by atoms with van der Waals surface area (Å²) in [6.07, 6.45) is 4.52. The molecule has 2 aliphatic heterocycles. The number of piperidine rings is 2. The van der Waals surface area contributed by atoms with Gasteiger partial charge in [0.1, 0.15) is 5.82 Å². The second-order valence-electron chi connectivity index (χ2n) is 11.1. The van der Waals surface area contributed by atoms with Gasteiger partial charge in [0, 0.05) is 50.8 Å². The first-order valence-corrected chi connectivity index (χ1v) is 15.5. The number of aryl methyl sites for hydroxylation is 1. The summed E-state index contributed by atoms with van der Waals surface area (Å²) in [7, 11) is -3.74. The van der Waals surface area contributed by atoms with Crippen molar-refractivity contribution in [3.63, 3.8) is 0 Å². The molecule has 0 radical (unpaired) electrons. The number of rotatable bonds is 9. The van der Waals surface area contributed by atoms with Gasteiger partial charge in [-0.2, -0.15) is 4.98 Å². The Morgan fingerprint density at radius 3 is 2.30 bits per heavy atom. The number of alkyl halides is 2. The van der Waals surface area contributed by atoms with Crippen molar-refractivity contribution in [2.45, 2.75) is 57.8 Å². The zero-order valence-electron chi connectivity index (χ0n) is 22.6. The molecular formula is C27H36F2N6O4S. The van der Waals surface area contributed by atoms with Crippen LogP contribution in [0.1, 0.15) is 61.5 Å². The molecule has 40 heavy (non-hydrogen) atoms. The monoisotopic (exact) mass is 578 g/mol. The molecule has 218 valence electrons. The van der Waals surface area contributed by atoms with Crippen molar-refractivity contribution in [2.75, 3.05) is 58.4 Å². The number of nitrogens with one attached hydrogen (secondary N) is 2. The fraction of sp³-hybridized carbons (Fsp3) is 0.593. The third-order valence-corrected chi connectivity index (χ3v) is 9.44. The summed E-state index contributed by atoms with van der Waals surface area (Å²) >= 11 is 0. The molecule has 3 heterocycles. The lowest BCUT2D eigenvalue weighted by Crippen LogP contribution is -2.40. The van der Waals surface area contributed by atoms with Gasteiger partial charge >= 0.3 is 0 Å². The minimum absolute atomic E-state index is 0.0888. The first-order chi connectivity index (χ1) is 19.0. The fourth-order valence-electron chi connectivity index (χ4n) is 5.41. The highest BCUT2D eigenvalue weighted by atomic mass is 32.2. The Kier molecular flexibility index (Phi) is 7.88. The third-order valence-electron chi connectivity index (χ3n) is 8.17. The van der Waals surface area contributed by atoms with Gasteiger partial charge in [0.05, 0.1) is 29.3 Å². The van der Waals surface area contributed by atoms with Crippen LogP contribution in [0.2, 0.25) is 0 Å². The number of carbonyl (C=O) groups excluding carboxylic acids is 1. The molecule has 2 saturated heterocycles. The molecule has 3 N–H and O–H groups in total. The van der Waals surface area contributed by atoms with Crippen molar-refractivity contribution in [2.24, 2.45) is 5.41 Å². The fourth-order valence-corrected chi connectivity index (χ4v) is 6.24. The zero-order chi connectivity index (χ0) is 28.5. The summed E-state index contributed by atoms with van der Waals surface area (Å²) < 4.78 is 54.4. The molecule has 10 nitrogen and oxygen atoms in total. The van der Waals surface area contributed by atoms with E-state index < -0.39 is 34.2 Å². The number of nitrogens with zero attached hydrogens (tertiary/aromatic N) is 4. The van der Waals surface area contributed by atoms with E-state index in [1.807, 2.05) is 6.92 Å². The van der Waals surface area contributed by atoms with Crippen LogP contribution in [0.3, 0.4) is 0 Å². The molecule has 1 aliphatic carbocycles. The Morgan fingerprint density at radius 2 is 1.68 bits per heavy atom. The quantitative estimate of drug-likeness (QED) is 0.412. The lowest BCUT2D eigenvalue weighted by Gasteiger charge is -2.35. The number of hydrogen-bond donors (Lipinski definition) is 3. The first kappa shape index (κ1) is 28.5. The molecule has 1 spiro atoms. The van der Waals surface area contributed by atoms with Gasteiger partial charge in [-0.1, -0.05) is 6.92 Å². The summed E-state index contributed by atoms with van der Waals surface area (Å²) in [5.41, 5.74) is 2.34. The number of amides is 1. The first-order valence-electron chi connectivity index (χ1n) is 13.8. The summed E-state index contributed by atoms with van der Waals surface area (Å²) in [6, 6.07) is 6.50. The van der Waals surface area contributed by atoms with Crippen LogP contribution in [0.4, 0.5) is 31.9 Å². The Balaban J connectivity index is 1.40. The highest BCUT2D eigenvalue weighted by Gasteiger charge is 2.44. The van der Waals surface area contributed by atoms with Crippen LogP contribution < -0.4 is 19.8 Å². The van der Waals surface area contributed by atoms with E-state index in [4.69, 9.17) is 5.11 Å². The number of aliphatic hydroxyl groups is 1. The molecule has 3 aliphatic rings. The van der Waals surface area contributed by atoms with Crippen LogP contribution in [0.15, 0.2) is 24.3 Å². The number of benzene rings is 1. The van der Waals surface area contributed by atoms with Crippen molar-refractivity contribution < 1.29 is 27.1 Å². The zero-order valence-corrected chi connectivity index (χ0v) is 23.4. The van der Waals surface area contributed by atoms with Crippen LogP contribution in [0.25, 0.3) is 0 Å². The average Bonchev–Trinajstić information content (AvgIpc) is 3.67. The molecule has 0 unspecified atom stereocenters. The van der Waals surface area contributed by atoms with Crippen molar-refractivity contribution in [3.05, 3.63) is 35.5 Å². The van der Waals surface area contributed by atoms with Crippen molar-refractivity contribution >= 4 is 39.1 Å². The largest absolute Gasteiger partial charge is 0.395 e. The minimum atomic E-state index is -3.74. The molecule has 0 atom stereocenters. The number of anilines is 4. The highest BCUT2D eigenvalue weighted by Crippen LogP contribution is 2.54. The van der Waals surface area contributed by atoms with E-state index in [2.05, 4.69) is 24.9 Å². The smallest absolute Gasteiger partial charge is 0.260 e. The van der Waals surface area contributed by atoms with Gasteiger partial charge in [-0.25, -0.2) is 22.2 Å². The van der Waals surface area contributed by atoms with Crippen molar-refractivity contribution in [1.29, 1.82) is 0 Å². The topological polar surface area (TPSA) is 128 Å². The van der Waals surface area contributed by atoms with Crippen LogP contribution >= 0.6 is 0 Å². The minimum Gasteiger partial charge on any atom is -0.395 e. The Hall–Kier alpha value is -3.06. The molecule has 1 aromatic heterocycles. The second kappa shape index (κ2) is 11.1. The Labute approximate surface area is 233 Å². The lowest BCUT2D eigenvalue weighted by molar-refractivity contribution is -0.0221. The predicted molar refractivity (Wildman–Crippen MR) is 150 cm³/mol. The number of carbonyl (C=O) groups is 1. The molecule has 5 rings (SSSR count). The van der Waals surface area contributed by atoms with Gasteiger partial charge in [0.2, 0.25) is 16.0 Å². The van der Waals surface area contributed by atoms with E-state index in [9.17, 15) is 22.0 Å². The van der Waals surface area contributed by atoms with Crippen LogP contribution in [-0.2, 0) is 16.4 Å². The standard InChI is InChI=1S/C27H36F2N6O4S/c1-2-19-18-23(35-13-9-27(28,29)10-14-35)31-25(30-19)32-24(37)21-4-3-20(33-40(38,39)16-15-36)17-22(21)34-11-7-26(5-6-26)8-12-34/h3-4,17-18,33,36H,2,5-16H2,1H3,(H,30,31,32,37). The van der Waals surface area contributed by atoms with Crippen molar-refractivity contribution in [1.82, 2.24) is 9.97 Å². The molecule has 13 heteroatoms. The van der Waals surface area contributed by atoms with Crippen molar-refractivity contribution in [3.8, 4) is 0 Å². The molecule has 1 saturated carbocycles. The van der Waals surface area contributed by atoms with E-state index in [0.717, 1.165) is 25.9 Å². The number of hydrogen-bond acceptors (Lipinski definition) is 8. The summed E-state index contributed by atoms with van der Waals surface area (Å²) in [6.45, 7) is 3.23. The molecule has 0 bridgehead atoms. The van der Waals surface area contributed by atoms with Gasteiger partial charge in [-0.3, -0.25) is 14.8 Å². The van der Waals surface area contributed by atoms with Crippen LogP contribution in [0, 0.1) is 5.41 Å². The van der Waals surface area contributed by atoms with Crippen LogP contribution in [0.5, 0.6) is 0 Å². The number of aromatic nitrogens is 2. The normalized spacial score (nSPS) is 19.9. The maximum atomic E-state index is 13.7. The van der Waals surface area contributed by atoms with Gasteiger partial charge in [0.25, 0.3) is 11.8 Å². The highest BCUT2D eigenvalue weighted by molar-refractivity contribution is 7.92. The predicted octanol–water partition coefficient (Wildman–Crippen LogP) is 3.64. The maximum Gasteiger partial charge on any atom is 0.260 e. The van der Waals surface area contributed by atoms with Crippen LogP contribution in [-0.4, -0.2) is 73.9 Å². The summed E-state index contributed by atoms with van der Waals surface area (Å²) in [5, 5.41) is 11.9. The number of sulfonamides is 1. The maximum absolute atomic E-state index is 13.7. The molecular weight excluding hydrogens is 542 g/mol. The van der Waals surface area contributed by atoms with E-state index in [0.29, 0.717) is 40.3 Å². The SMILES string of the molecule is CCc1cc(N2CCC(F)(F)CC2)nc(NC(=O)c2ccc(NS(=O)(=O)CCO)cc2N2CCC3(CC2)CC3)n1. The number of halogens is 2. The van der Waals surface area contributed by atoms with Gasteiger partial charge in [-0.15, -0.1) is 0 Å². The van der Waals surface area contributed by atoms with E-state index in [-0.39, 0.29) is 31.9 Å². The molecule has 2 aromatic rings. The Morgan fingerprint density at radius 1 is 1.00 bits per heavy atom. The molecule has 3 fully saturated rings. The summed E-state index contributed by atoms with van der Waals surface area (Å²) in [4.78, 5) is 26.4. The molecule has 1 aromatic carbocycles. The molecule has 1 amide bonds. The van der Waals surface area contributed by atoms with Gasteiger partial charge < -0.3 is 14.9 Å². The van der Waals surface area contributed by atoms with Gasteiger partial charge in [0.15, 0.2) is 0 Å². The second-order valence-corrected chi connectivity index (χ2v) is 12.9. The summed E-state index contributed by atoms with van der Waals surface area (Å²) in [5.74, 6) is -2.98. The average molecular weight is 579 g/mol. The van der Waals surface area contributed by atoms with E-state index >= 15 is 0 Å². The van der Waals surface area contributed by atoms with E-state index in [1.165, 1.54) is 18.9 Å². The lowest BCUT2D eigenvalue weighted by atomic mass is 9.93. The number of aliphatic hydroxyl groups excluding tert-OH is 1. The Bertz CT molecular complexity index is 1350. The third kappa shape index (κ3) is 6.63. The van der Waals surface area contributed by atoms with Gasteiger partial charge in [-0.05, 0) is 55.7 Å².